The summed E-state index contributed by atoms with van der Waals surface area (Å²) in [5.74, 6) is -0.282. The molecule has 18 heavy (non-hydrogen) atoms. The van der Waals surface area contributed by atoms with Gasteiger partial charge in [0.25, 0.3) is 0 Å². The van der Waals surface area contributed by atoms with E-state index in [1.165, 1.54) is 0 Å². The first-order valence-corrected chi connectivity index (χ1v) is 6.32. The van der Waals surface area contributed by atoms with E-state index >= 15 is 0 Å². The van der Waals surface area contributed by atoms with E-state index in [1.54, 1.807) is 0 Å². The van der Waals surface area contributed by atoms with Crippen LogP contribution in [0, 0.1) is 0 Å². The SMILES string of the molecule is CC(C)(C)NCCC(=O)NCC(=O)NC(C)(C)C. The molecule has 0 rings (SSSR count). The molecule has 0 unspecified atom stereocenters. The summed E-state index contributed by atoms with van der Waals surface area (Å²) in [5, 5.41) is 8.60. The molecule has 0 atom stereocenters. The number of carbonyl (C=O) groups is 2. The first kappa shape index (κ1) is 16.9. The van der Waals surface area contributed by atoms with Crippen molar-refractivity contribution in [2.45, 2.75) is 59.0 Å². The Labute approximate surface area is 110 Å². The largest absolute Gasteiger partial charge is 0.350 e. The van der Waals surface area contributed by atoms with Gasteiger partial charge in [0.1, 0.15) is 0 Å². The zero-order valence-corrected chi connectivity index (χ0v) is 12.4. The predicted molar refractivity (Wildman–Crippen MR) is 73.3 cm³/mol. The van der Waals surface area contributed by atoms with Crippen molar-refractivity contribution in [3.63, 3.8) is 0 Å². The van der Waals surface area contributed by atoms with Crippen LogP contribution in [0.5, 0.6) is 0 Å². The van der Waals surface area contributed by atoms with Crippen molar-refractivity contribution in [1.29, 1.82) is 0 Å². The molecule has 0 aliphatic carbocycles. The highest BCUT2D eigenvalue weighted by atomic mass is 16.2. The van der Waals surface area contributed by atoms with E-state index in [1.807, 2.05) is 41.5 Å². The number of carbonyl (C=O) groups excluding carboxylic acids is 2. The molecule has 0 saturated carbocycles. The van der Waals surface area contributed by atoms with Gasteiger partial charge in [0.2, 0.25) is 11.8 Å². The maximum atomic E-state index is 11.5. The minimum Gasteiger partial charge on any atom is -0.350 e. The molecule has 2 amide bonds. The van der Waals surface area contributed by atoms with Gasteiger partial charge in [0, 0.05) is 24.0 Å². The smallest absolute Gasteiger partial charge is 0.239 e. The molecule has 0 bridgehead atoms. The van der Waals surface area contributed by atoms with Gasteiger partial charge in [-0.05, 0) is 41.5 Å². The zero-order chi connectivity index (χ0) is 14.4. The molecule has 0 saturated heterocycles. The van der Waals surface area contributed by atoms with Crippen molar-refractivity contribution in [3.8, 4) is 0 Å². The summed E-state index contributed by atoms with van der Waals surface area (Å²) in [6.45, 7) is 12.5. The second-order valence-corrected chi connectivity index (χ2v) is 6.50. The molecule has 0 aromatic heterocycles. The molecular weight excluding hydrogens is 230 g/mol. The Morgan fingerprint density at radius 2 is 1.44 bits per heavy atom. The summed E-state index contributed by atoms with van der Waals surface area (Å²) in [4.78, 5) is 22.9. The Kier molecular flexibility index (Phi) is 6.32. The molecule has 106 valence electrons. The average molecular weight is 257 g/mol. The third-order valence-corrected chi connectivity index (χ3v) is 1.97. The van der Waals surface area contributed by atoms with Gasteiger partial charge in [0.05, 0.1) is 6.54 Å². The van der Waals surface area contributed by atoms with Gasteiger partial charge in [-0.2, -0.15) is 0 Å². The Balaban J connectivity index is 3.75. The number of amides is 2. The van der Waals surface area contributed by atoms with E-state index in [-0.39, 0.29) is 29.4 Å². The molecule has 0 heterocycles. The van der Waals surface area contributed by atoms with Gasteiger partial charge in [-0.15, -0.1) is 0 Å². The van der Waals surface area contributed by atoms with Gasteiger partial charge in [0.15, 0.2) is 0 Å². The Hall–Kier alpha value is -1.10. The van der Waals surface area contributed by atoms with Gasteiger partial charge in [-0.1, -0.05) is 0 Å². The predicted octanol–water partition coefficient (Wildman–Crippen LogP) is 0.796. The fourth-order valence-corrected chi connectivity index (χ4v) is 1.28. The highest BCUT2D eigenvalue weighted by molar-refractivity contribution is 5.85. The fourth-order valence-electron chi connectivity index (χ4n) is 1.28. The molecule has 0 fully saturated rings. The van der Waals surface area contributed by atoms with Gasteiger partial charge in [-0.3, -0.25) is 9.59 Å². The van der Waals surface area contributed by atoms with E-state index in [0.717, 1.165) is 0 Å². The van der Waals surface area contributed by atoms with Crippen molar-refractivity contribution < 1.29 is 9.59 Å². The normalized spacial score (nSPS) is 12.1. The van der Waals surface area contributed by atoms with Crippen LogP contribution in [0.4, 0.5) is 0 Å². The minimum atomic E-state index is -0.268. The Morgan fingerprint density at radius 1 is 0.889 bits per heavy atom. The minimum absolute atomic E-state index is 0.00386. The second kappa shape index (κ2) is 6.73. The zero-order valence-electron chi connectivity index (χ0n) is 12.4. The summed E-state index contributed by atoms with van der Waals surface area (Å²) in [6, 6.07) is 0. The highest BCUT2D eigenvalue weighted by Gasteiger charge is 2.14. The van der Waals surface area contributed by atoms with Crippen molar-refractivity contribution >= 4 is 11.8 Å². The molecule has 0 aromatic carbocycles. The Bertz CT molecular complexity index is 288. The third-order valence-electron chi connectivity index (χ3n) is 1.97. The first-order valence-electron chi connectivity index (χ1n) is 6.32. The Morgan fingerprint density at radius 3 is 1.89 bits per heavy atom. The van der Waals surface area contributed by atoms with Crippen LogP contribution < -0.4 is 16.0 Å². The lowest BCUT2D eigenvalue weighted by atomic mass is 10.1. The van der Waals surface area contributed by atoms with E-state index in [2.05, 4.69) is 16.0 Å². The summed E-state index contributed by atoms with van der Waals surface area (Å²) >= 11 is 0. The van der Waals surface area contributed by atoms with Gasteiger partial charge >= 0.3 is 0 Å². The van der Waals surface area contributed by atoms with Crippen LogP contribution in [0.25, 0.3) is 0 Å². The summed E-state index contributed by atoms with van der Waals surface area (Å²) in [6.07, 6.45) is 0.375. The molecular formula is C13H27N3O2. The quantitative estimate of drug-likeness (QED) is 0.682. The third kappa shape index (κ3) is 11.4. The molecule has 0 aliphatic rings. The van der Waals surface area contributed by atoms with Crippen LogP contribution in [0.2, 0.25) is 0 Å². The lowest BCUT2D eigenvalue weighted by Crippen LogP contribution is -2.46. The molecule has 5 nitrogen and oxygen atoms in total. The first-order chi connectivity index (χ1) is 7.99. The maximum Gasteiger partial charge on any atom is 0.239 e. The van der Waals surface area contributed by atoms with Crippen molar-refractivity contribution in [2.24, 2.45) is 0 Å². The average Bonchev–Trinajstić information content (AvgIpc) is 2.09. The molecule has 0 radical (unpaired) electrons. The monoisotopic (exact) mass is 257 g/mol. The van der Waals surface area contributed by atoms with Crippen LogP contribution in [-0.4, -0.2) is 36.0 Å². The number of hydrogen-bond acceptors (Lipinski definition) is 3. The lowest BCUT2D eigenvalue weighted by Gasteiger charge is -2.21. The maximum absolute atomic E-state index is 11.5. The van der Waals surface area contributed by atoms with Crippen LogP contribution in [-0.2, 0) is 9.59 Å². The number of rotatable bonds is 5. The molecule has 0 spiro atoms. The molecule has 5 heteroatoms. The van der Waals surface area contributed by atoms with E-state index < -0.39 is 0 Å². The van der Waals surface area contributed by atoms with Crippen LogP contribution in [0.3, 0.4) is 0 Å². The number of nitrogens with one attached hydrogen (secondary N) is 3. The van der Waals surface area contributed by atoms with Crippen molar-refractivity contribution in [2.75, 3.05) is 13.1 Å². The highest BCUT2D eigenvalue weighted by Crippen LogP contribution is 1.98. The van der Waals surface area contributed by atoms with Crippen LogP contribution in [0.1, 0.15) is 48.0 Å². The standard InChI is InChI=1S/C13H27N3O2/c1-12(2,3)15-8-7-10(17)14-9-11(18)16-13(4,5)6/h15H,7-9H2,1-6H3,(H,14,17)(H,16,18). The second-order valence-electron chi connectivity index (χ2n) is 6.50. The van der Waals surface area contributed by atoms with E-state index in [9.17, 15) is 9.59 Å². The van der Waals surface area contributed by atoms with Crippen LogP contribution >= 0.6 is 0 Å². The molecule has 0 aliphatic heterocycles. The van der Waals surface area contributed by atoms with E-state index in [4.69, 9.17) is 0 Å². The van der Waals surface area contributed by atoms with Crippen molar-refractivity contribution in [1.82, 2.24) is 16.0 Å². The summed E-state index contributed by atoms with van der Waals surface area (Å²) < 4.78 is 0. The molecule has 3 N–H and O–H groups in total. The van der Waals surface area contributed by atoms with Crippen LogP contribution in [0.15, 0.2) is 0 Å². The topological polar surface area (TPSA) is 70.2 Å². The lowest BCUT2D eigenvalue weighted by molar-refractivity contribution is -0.126. The summed E-state index contributed by atoms with van der Waals surface area (Å²) in [7, 11) is 0. The van der Waals surface area contributed by atoms with E-state index in [0.29, 0.717) is 13.0 Å². The fraction of sp³-hybridized carbons (Fsp3) is 0.846. The molecule has 0 aromatic rings. The van der Waals surface area contributed by atoms with Gasteiger partial charge < -0.3 is 16.0 Å². The van der Waals surface area contributed by atoms with Crippen molar-refractivity contribution in [3.05, 3.63) is 0 Å². The summed E-state index contributed by atoms with van der Waals surface area (Å²) in [5.41, 5.74) is -0.264. The van der Waals surface area contributed by atoms with Gasteiger partial charge in [-0.25, -0.2) is 0 Å². The number of hydrogen-bond donors (Lipinski definition) is 3.